The smallest absolute Gasteiger partial charge is 0.360 e. The molecule has 0 aliphatic rings. The summed E-state index contributed by atoms with van der Waals surface area (Å²) in [5, 5.41) is 13.9. The van der Waals surface area contributed by atoms with E-state index in [1.807, 2.05) is 6.07 Å². The highest BCUT2D eigenvalue weighted by Crippen LogP contribution is 2.28. The van der Waals surface area contributed by atoms with Crippen molar-refractivity contribution < 1.29 is 9.53 Å². The molecule has 108 valence electrons. The maximum atomic E-state index is 11.8. The fourth-order valence-electron chi connectivity index (χ4n) is 1.72. The second kappa shape index (κ2) is 6.04. The molecule has 1 aromatic carbocycles. The minimum atomic E-state index is -0.718. The molecule has 0 saturated carbocycles. The number of ether oxygens (including phenoxy) is 1. The zero-order valence-corrected chi connectivity index (χ0v) is 12.4. The first-order chi connectivity index (χ1) is 9.99. The maximum Gasteiger partial charge on any atom is 0.360 e. The van der Waals surface area contributed by atoms with Gasteiger partial charge in [-0.15, -0.1) is 0 Å². The van der Waals surface area contributed by atoms with Gasteiger partial charge in [0, 0.05) is 5.02 Å². The van der Waals surface area contributed by atoms with Crippen LogP contribution in [0.5, 0.6) is 0 Å². The van der Waals surface area contributed by atoms with Crippen molar-refractivity contribution in [1.29, 1.82) is 5.26 Å². The summed E-state index contributed by atoms with van der Waals surface area (Å²) >= 11 is 11.9. The van der Waals surface area contributed by atoms with E-state index in [1.54, 1.807) is 19.1 Å². The minimum absolute atomic E-state index is 0.00442. The number of anilines is 1. The number of rotatable bonds is 3. The van der Waals surface area contributed by atoms with Crippen molar-refractivity contribution in [3.8, 4) is 11.8 Å². The Labute approximate surface area is 130 Å². The largest absolute Gasteiger partial charge is 0.461 e. The molecule has 2 aromatic rings. The van der Waals surface area contributed by atoms with Gasteiger partial charge in [-0.25, -0.2) is 9.48 Å². The number of nitriles is 1. The number of nitrogens with two attached hydrogens (primary N) is 1. The van der Waals surface area contributed by atoms with Gasteiger partial charge < -0.3 is 10.5 Å². The molecule has 2 N–H and O–H groups in total. The third-order valence-electron chi connectivity index (χ3n) is 2.64. The van der Waals surface area contributed by atoms with Gasteiger partial charge in [-0.1, -0.05) is 23.2 Å². The van der Waals surface area contributed by atoms with Gasteiger partial charge in [-0.05, 0) is 25.1 Å². The Bertz CT molecular complexity index is 749. The van der Waals surface area contributed by atoms with Crippen molar-refractivity contribution in [2.45, 2.75) is 6.92 Å². The Hall–Kier alpha value is -2.23. The summed E-state index contributed by atoms with van der Waals surface area (Å²) in [6.07, 6.45) is 0. The van der Waals surface area contributed by atoms with Crippen LogP contribution in [0.25, 0.3) is 5.69 Å². The summed E-state index contributed by atoms with van der Waals surface area (Å²) < 4.78 is 6.06. The Morgan fingerprint density at radius 2 is 2.24 bits per heavy atom. The summed E-state index contributed by atoms with van der Waals surface area (Å²) in [5.41, 5.74) is 6.07. The van der Waals surface area contributed by atoms with Crippen LogP contribution in [0.1, 0.15) is 23.0 Å². The molecule has 0 bridgehead atoms. The average Bonchev–Trinajstić information content (AvgIpc) is 2.76. The summed E-state index contributed by atoms with van der Waals surface area (Å²) in [4.78, 5) is 11.8. The molecule has 1 aromatic heterocycles. The zero-order chi connectivity index (χ0) is 15.6. The van der Waals surface area contributed by atoms with Gasteiger partial charge in [0.1, 0.15) is 17.5 Å². The second-order valence-corrected chi connectivity index (χ2v) is 4.79. The third kappa shape index (κ3) is 2.79. The van der Waals surface area contributed by atoms with Crippen LogP contribution < -0.4 is 5.73 Å². The van der Waals surface area contributed by atoms with Gasteiger partial charge in [0.05, 0.1) is 17.3 Å². The first kappa shape index (κ1) is 15.2. The number of hydrogen-bond acceptors (Lipinski definition) is 5. The molecule has 0 spiro atoms. The second-order valence-electron chi connectivity index (χ2n) is 3.95. The lowest BCUT2D eigenvalue weighted by molar-refractivity contribution is 0.0518. The van der Waals surface area contributed by atoms with Gasteiger partial charge in [-0.3, -0.25) is 0 Å². The SMILES string of the molecule is CCOC(=O)c1nn(-c2ccc(Cl)cc2Cl)c(N)c1C#N. The first-order valence-corrected chi connectivity index (χ1v) is 6.66. The quantitative estimate of drug-likeness (QED) is 0.876. The van der Waals surface area contributed by atoms with E-state index < -0.39 is 5.97 Å². The summed E-state index contributed by atoms with van der Waals surface area (Å²) in [6, 6.07) is 6.54. The number of nitrogens with zero attached hydrogens (tertiary/aromatic N) is 3. The number of carbonyl (C=O) groups excluding carboxylic acids is 1. The van der Waals surface area contributed by atoms with Crippen LogP contribution >= 0.6 is 23.2 Å². The first-order valence-electron chi connectivity index (χ1n) is 5.90. The van der Waals surface area contributed by atoms with Gasteiger partial charge in [0.2, 0.25) is 0 Å². The summed E-state index contributed by atoms with van der Waals surface area (Å²) in [6.45, 7) is 1.82. The Morgan fingerprint density at radius 3 is 2.81 bits per heavy atom. The molecule has 0 atom stereocenters. The van der Waals surface area contributed by atoms with Crippen molar-refractivity contribution in [3.63, 3.8) is 0 Å². The molecule has 0 aliphatic heterocycles. The molecule has 1 heterocycles. The molecule has 21 heavy (non-hydrogen) atoms. The van der Waals surface area contributed by atoms with Crippen LogP contribution in [-0.2, 0) is 4.74 Å². The van der Waals surface area contributed by atoms with Gasteiger partial charge in [0.15, 0.2) is 5.69 Å². The van der Waals surface area contributed by atoms with E-state index in [1.165, 1.54) is 10.7 Å². The normalized spacial score (nSPS) is 10.2. The molecule has 6 nitrogen and oxygen atoms in total. The molecule has 0 unspecified atom stereocenters. The molecule has 0 saturated heterocycles. The lowest BCUT2D eigenvalue weighted by Crippen LogP contribution is -2.08. The minimum Gasteiger partial charge on any atom is -0.461 e. The molecule has 0 aliphatic carbocycles. The third-order valence-corrected chi connectivity index (χ3v) is 3.18. The van der Waals surface area contributed by atoms with Gasteiger partial charge >= 0.3 is 5.97 Å². The molecule has 0 radical (unpaired) electrons. The molecule has 8 heteroatoms. The van der Waals surface area contributed by atoms with E-state index in [4.69, 9.17) is 38.9 Å². The topological polar surface area (TPSA) is 93.9 Å². The molecule has 0 amide bonds. The standard InChI is InChI=1S/C13H10Cl2N4O2/c1-2-21-13(20)11-8(6-16)12(17)19(18-11)10-4-3-7(14)5-9(10)15/h3-5H,2,17H2,1H3. The Kier molecular flexibility index (Phi) is 4.36. The Morgan fingerprint density at radius 1 is 1.52 bits per heavy atom. The van der Waals surface area contributed by atoms with Crippen molar-refractivity contribution >= 4 is 35.0 Å². The lowest BCUT2D eigenvalue weighted by atomic mass is 10.2. The van der Waals surface area contributed by atoms with E-state index in [2.05, 4.69) is 5.10 Å². The number of halogens is 2. The highest BCUT2D eigenvalue weighted by Gasteiger charge is 2.24. The van der Waals surface area contributed by atoms with Gasteiger partial charge in [0.25, 0.3) is 0 Å². The van der Waals surface area contributed by atoms with Crippen LogP contribution in [0.4, 0.5) is 5.82 Å². The van der Waals surface area contributed by atoms with Crippen LogP contribution in [0.3, 0.4) is 0 Å². The highest BCUT2D eigenvalue weighted by molar-refractivity contribution is 6.35. The highest BCUT2D eigenvalue weighted by atomic mass is 35.5. The van der Waals surface area contributed by atoms with E-state index in [0.29, 0.717) is 10.7 Å². The fraction of sp³-hybridized carbons (Fsp3) is 0.154. The number of hydrogen-bond donors (Lipinski definition) is 1. The molecule has 0 fully saturated rings. The Balaban J connectivity index is 2.61. The average molecular weight is 325 g/mol. The monoisotopic (exact) mass is 324 g/mol. The van der Waals surface area contributed by atoms with E-state index in [-0.39, 0.29) is 28.7 Å². The molecular weight excluding hydrogens is 315 g/mol. The lowest BCUT2D eigenvalue weighted by Gasteiger charge is -2.06. The van der Waals surface area contributed by atoms with Crippen LogP contribution in [0.2, 0.25) is 10.0 Å². The summed E-state index contributed by atoms with van der Waals surface area (Å²) in [5.74, 6) is -0.714. The number of carbonyl (C=O) groups is 1. The van der Waals surface area contributed by atoms with E-state index >= 15 is 0 Å². The maximum absolute atomic E-state index is 11.8. The number of aromatic nitrogens is 2. The van der Waals surface area contributed by atoms with Crippen molar-refractivity contribution in [2.75, 3.05) is 12.3 Å². The van der Waals surface area contributed by atoms with Crippen molar-refractivity contribution in [1.82, 2.24) is 9.78 Å². The van der Waals surface area contributed by atoms with E-state index in [0.717, 1.165) is 0 Å². The number of esters is 1. The molecule has 2 rings (SSSR count). The van der Waals surface area contributed by atoms with Gasteiger partial charge in [-0.2, -0.15) is 10.4 Å². The van der Waals surface area contributed by atoms with Crippen LogP contribution in [0.15, 0.2) is 18.2 Å². The van der Waals surface area contributed by atoms with Crippen molar-refractivity contribution in [2.24, 2.45) is 0 Å². The number of benzene rings is 1. The predicted octanol–water partition coefficient (Wildman–Crippen LogP) is 2.81. The van der Waals surface area contributed by atoms with Crippen LogP contribution in [0, 0.1) is 11.3 Å². The molecular formula is C13H10Cl2N4O2. The number of nitrogen functional groups attached to an aromatic ring is 1. The summed E-state index contributed by atoms with van der Waals surface area (Å²) in [7, 11) is 0. The van der Waals surface area contributed by atoms with Crippen molar-refractivity contribution in [3.05, 3.63) is 39.5 Å². The van der Waals surface area contributed by atoms with Crippen LogP contribution in [-0.4, -0.2) is 22.4 Å². The van der Waals surface area contributed by atoms with E-state index in [9.17, 15) is 4.79 Å². The zero-order valence-electron chi connectivity index (χ0n) is 10.9. The fourth-order valence-corrected chi connectivity index (χ4v) is 2.21. The predicted molar refractivity (Wildman–Crippen MR) is 78.7 cm³/mol.